The summed E-state index contributed by atoms with van der Waals surface area (Å²) in [4.78, 5) is 24.9. The van der Waals surface area contributed by atoms with Crippen LogP contribution in [-0.4, -0.2) is 23.7 Å². The zero-order valence-electron chi connectivity index (χ0n) is 15.4. The van der Waals surface area contributed by atoms with E-state index < -0.39 is 12.1 Å². The Morgan fingerprint density at radius 3 is 2.70 bits per heavy atom. The molecule has 0 saturated heterocycles. The van der Waals surface area contributed by atoms with E-state index in [4.69, 9.17) is 9.84 Å². The summed E-state index contributed by atoms with van der Waals surface area (Å²) in [6.45, 7) is 6.34. The van der Waals surface area contributed by atoms with Gasteiger partial charge in [0.2, 0.25) is 0 Å². The largest absolute Gasteiger partial charge is 0.481 e. The highest BCUT2D eigenvalue weighted by Crippen LogP contribution is 2.32. The molecule has 0 aliphatic heterocycles. The Labute approximate surface area is 167 Å². The summed E-state index contributed by atoms with van der Waals surface area (Å²) in [5, 5.41) is 15.4. The quantitative estimate of drug-likeness (QED) is 0.488. The van der Waals surface area contributed by atoms with Gasteiger partial charge in [-0.1, -0.05) is 19.1 Å². The van der Waals surface area contributed by atoms with Crippen LogP contribution in [0, 0.1) is 6.92 Å². The number of aryl methyl sites for hydroxylation is 1. The number of aliphatic carboxylic acids is 1. The smallest absolute Gasteiger partial charge is 0.407 e. The Kier molecular flexibility index (Phi) is 8.54. The Morgan fingerprint density at radius 2 is 2.04 bits per heavy atom. The predicted octanol–water partition coefficient (Wildman–Crippen LogP) is 5.42. The lowest BCUT2D eigenvalue weighted by molar-refractivity contribution is -0.137. The van der Waals surface area contributed by atoms with Crippen LogP contribution in [0.25, 0.3) is 6.08 Å². The number of hydrogen-bond acceptors (Lipinski definition) is 5. The van der Waals surface area contributed by atoms with Crippen LogP contribution in [0.2, 0.25) is 0 Å². The maximum Gasteiger partial charge on any atom is 0.407 e. The molecule has 0 aromatic carbocycles. The van der Waals surface area contributed by atoms with E-state index in [0.29, 0.717) is 19.4 Å². The summed E-state index contributed by atoms with van der Waals surface area (Å²) in [5.41, 5.74) is 2.23. The first-order valence-electron chi connectivity index (χ1n) is 8.90. The molecule has 2 aromatic heterocycles. The second kappa shape index (κ2) is 10.9. The molecular formula is C20H25NO4S2. The summed E-state index contributed by atoms with van der Waals surface area (Å²) in [5.74, 6) is -0.788. The van der Waals surface area contributed by atoms with Crippen LogP contribution in [0.3, 0.4) is 0 Å². The standard InChI is InChI=1S/C20H25NO4S2/c1-3-17-15(9-12-26-17)13-16(19-14(2)8-11-27-19)25-20(24)21-10-6-4-5-7-18(22)23/h3,8-9,11-12,16H,1,4-7,10,13H2,2H3,(H,21,24)(H,22,23). The minimum absolute atomic E-state index is 0.163. The van der Waals surface area contributed by atoms with E-state index in [9.17, 15) is 9.59 Å². The molecule has 0 fully saturated rings. The van der Waals surface area contributed by atoms with Gasteiger partial charge in [-0.3, -0.25) is 4.79 Å². The van der Waals surface area contributed by atoms with Crippen LogP contribution in [0.1, 0.15) is 52.7 Å². The third-order valence-corrected chi connectivity index (χ3v) is 6.22. The first-order chi connectivity index (χ1) is 13.0. The highest BCUT2D eigenvalue weighted by atomic mass is 32.1. The van der Waals surface area contributed by atoms with Crippen LogP contribution in [0.4, 0.5) is 4.79 Å². The Balaban J connectivity index is 1.90. The fourth-order valence-corrected chi connectivity index (χ4v) is 4.47. The van der Waals surface area contributed by atoms with Crippen LogP contribution < -0.4 is 5.32 Å². The molecule has 5 nitrogen and oxygen atoms in total. The summed E-state index contributed by atoms with van der Waals surface area (Å²) in [6.07, 6.45) is 3.93. The molecule has 0 aliphatic carbocycles. The summed E-state index contributed by atoms with van der Waals surface area (Å²) in [6, 6.07) is 4.07. The molecule has 1 unspecified atom stereocenters. The van der Waals surface area contributed by atoms with Crippen molar-refractivity contribution in [2.75, 3.05) is 6.54 Å². The number of carbonyl (C=O) groups is 2. The van der Waals surface area contributed by atoms with E-state index in [1.807, 2.05) is 35.9 Å². The van der Waals surface area contributed by atoms with Crippen molar-refractivity contribution in [2.45, 2.75) is 45.1 Å². The SMILES string of the molecule is C=Cc1sccc1CC(OC(=O)NCCCCCC(=O)O)c1sccc1C. The average Bonchev–Trinajstić information content (AvgIpc) is 3.25. The monoisotopic (exact) mass is 407 g/mol. The van der Waals surface area contributed by atoms with Gasteiger partial charge in [-0.2, -0.15) is 0 Å². The molecule has 2 rings (SSSR count). The van der Waals surface area contributed by atoms with E-state index in [0.717, 1.165) is 33.7 Å². The molecule has 0 saturated carbocycles. The second-order valence-electron chi connectivity index (χ2n) is 6.21. The first kappa shape index (κ1) is 21.2. The van der Waals surface area contributed by atoms with E-state index in [2.05, 4.69) is 11.9 Å². The van der Waals surface area contributed by atoms with Crippen molar-refractivity contribution in [3.8, 4) is 0 Å². The number of hydrogen-bond donors (Lipinski definition) is 2. The van der Waals surface area contributed by atoms with E-state index in [1.165, 1.54) is 0 Å². The Morgan fingerprint density at radius 1 is 1.26 bits per heavy atom. The third-order valence-electron chi connectivity index (χ3n) is 4.15. The Bertz CT molecular complexity index is 766. The lowest BCUT2D eigenvalue weighted by Gasteiger charge is -2.18. The molecule has 0 radical (unpaired) electrons. The predicted molar refractivity (Wildman–Crippen MR) is 110 cm³/mol. The van der Waals surface area contributed by atoms with Gasteiger partial charge in [-0.05, 0) is 53.8 Å². The van der Waals surface area contributed by atoms with Gasteiger partial charge in [0.25, 0.3) is 0 Å². The number of amides is 1. The van der Waals surface area contributed by atoms with Crippen molar-refractivity contribution in [1.82, 2.24) is 5.32 Å². The van der Waals surface area contributed by atoms with Crippen LogP contribution >= 0.6 is 22.7 Å². The number of alkyl carbamates (subject to hydrolysis) is 1. The van der Waals surface area contributed by atoms with Gasteiger partial charge in [0.05, 0.1) is 0 Å². The maximum absolute atomic E-state index is 12.2. The highest BCUT2D eigenvalue weighted by molar-refractivity contribution is 7.11. The van der Waals surface area contributed by atoms with Crippen molar-refractivity contribution in [2.24, 2.45) is 0 Å². The van der Waals surface area contributed by atoms with Crippen molar-refractivity contribution in [3.63, 3.8) is 0 Å². The third kappa shape index (κ3) is 6.84. The second-order valence-corrected chi connectivity index (χ2v) is 8.11. The number of rotatable bonds is 11. The zero-order valence-corrected chi connectivity index (χ0v) is 17.0. The van der Waals surface area contributed by atoms with Crippen LogP contribution in [0.15, 0.2) is 29.5 Å². The molecule has 2 N–H and O–H groups in total. The normalized spacial score (nSPS) is 11.7. The highest BCUT2D eigenvalue weighted by Gasteiger charge is 2.21. The number of carboxylic acids is 1. The van der Waals surface area contributed by atoms with Crippen molar-refractivity contribution < 1.29 is 19.4 Å². The summed E-state index contributed by atoms with van der Waals surface area (Å²) < 4.78 is 5.73. The van der Waals surface area contributed by atoms with E-state index >= 15 is 0 Å². The number of unbranched alkanes of at least 4 members (excludes halogenated alkanes) is 2. The molecule has 0 aliphatic rings. The van der Waals surface area contributed by atoms with Gasteiger partial charge in [0.1, 0.15) is 6.10 Å². The molecule has 1 amide bonds. The van der Waals surface area contributed by atoms with E-state index in [-0.39, 0.29) is 12.5 Å². The van der Waals surface area contributed by atoms with Gasteiger partial charge in [-0.25, -0.2) is 4.79 Å². The molecule has 1 atom stereocenters. The molecule has 0 spiro atoms. The average molecular weight is 408 g/mol. The molecular weight excluding hydrogens is 382 g/mol. The van der Waals surface area contributed by atoms with Crippen molar-refractivity contribution in [3.05, 3.63) is 50.4 Å². The molecule has 0 bridgehead atoms. The van der Waals surface area contributed by atoms with Crippen LogP contribution in [0.5, 0.6) is 0 Å². The van der Waals surface area contributed by atoms with Gasteiger partial charge in [0, 0.05) is 29.1 Å². The fraction of sp³-hybridized carbons (Fsp3) is 0.400. The molecule has 2 heterocycles. The minimum atomic E-state index is -0.788. The van der Waals surface area contributed by atoms with Gasteiger partial charge >= 0.3 is 12.1 Å². The molecule has 27 heavy (non-hydrogen) atoms. The van der Waals surface area contributed by atoms with Crippen LogP contribution in [-0.2, 0) is 16.0 Å². The molecule has 2 aromatic rings. The number of thiophene rings is 2. The van der Waals surface area contributed by atoms with E-state index in [1.54, 1.807) is 22.7 Å². The minimum Gasteiger partial charge on any atom is -0.481 e. The lowest BCUT2D eigenvalue weighted by Crippen LogP contribution is -2.27. The zero-order chi connectivity index (χ0) is 19.6. The number of ether oxygens (including phenoxy) is 1. The van der Waals surface area contributed by atoms with Gasteiger partial charge in [0.15, 0.2) is 0 Å². The van der Waals surface area contributed by atoms with Gasteiger partial charge < -0.3 is 15.2 Å². The number of carboxylic acid groups (broad SMARTS) is 1. The maximum atomic E-state index is 12.2. The molecule has 146 valence electrons. The number of carbonyl (C=O) groups excluding carboxylic acids is 1. The number of nitrogens with one attached hydrogen (secondary N) is 1. The van der Waals surface area contributed by atoms with Gasteiger partial charge in [-0.15, -0.1) is 22.7 Å². The lowest BCUT2D eigenvalue weighted by atomic mass is 10.1. The Hall–Kier alpha value is -2.12. The fourth-order valence-electron chi connectivity index (χ4n) is 2.74. The summed E-state index contributed by atoms with van der Waals surface area (Å²) >= 11 is 3.21. The summed E-state index contributed by atoms with van der Waals surface area (Å²) in [7, 11) is 0. The van der Waals surface area contributed by atoms with Crippen molar-refractivity contribution in [1.29, 1.82) is 0 Å². The molecule has 7 heteroatoms. The topological polar surface area (TPSA) is 75.6 Å². The first-order valence-corrected chi connectivity index (χ1v) is 10.7. The van der Waals surface area contributed by atoms with Crippen molar-refractivity contribution >= 4 is 40.8 Å².